The fourth-order valence-electron chi connectivity index (χ4n) is 2.07. The van der Waals surface area contributed by atoms with Crippen LogP contribution >= 0.6 is 34.5 Å². The van der Waals surface area contributed by atoms with Gasteiger partial charge >= 0.3 is 0 Å². The molecule has 2 amide bonds. The first-order valence-electron chi connectivity index (χ1n) is 7.00. The summed E-state index contributed by atoms with van der Waals surface area (Å²) in [5.41, 5.74) is 6.26. The maximum atomic E-state index is 12.0. The molecule has 0 saturated carbocycles. The van der Waals surface area contributed by atoms with Crippen molar-refractivity contribution in [1.29, 1.82) is 0 Å². The number of nitrogens with two attached hydrogens (primary N) is 1. The number of nitrogens with one attached hydrogen (secondary N) is 1. The van der Waals surface area contributed by atoms with Crippen molar-refractivity contribution in [1.82, 2.24) is 5.32 Å². The largest absolute Gasteiger partial charge is 0.368 e. The zero-order valence-electron chi connectivity index (χ0n) is 12.2. The van der Waals surface area contributed by atoms with Crippen LogP contribution in [0.15, 0.2) is 35.7 Å². The molecule has 0 saturated heterocycles. The highest BCUT2D eigenvalue weighted by atomic mass is 35.5. The van der Waals surface area contributed by atoms with Crippen molar-refractivity contribution >= 4 is 46.4 Å². The molecule has 0 spiro atoms. The monoisotopic (exact) mass is 370 g/mol. The summed E-state index contributed by atoms with van der Waals surface area (Å²) in [6, 6.07) is 8.17. The minimum Gasteiger partial charge on any atom is -0.368 e. The number of aryl methyl sites for hydroxylation is 1. The molecule has 7 heteroatoms. The van der Waals surface area contributed by atoms with Crippen LogP contribution < -0.4 is 11.1 Å². The molecule has 0 aliphatic rings. The van der Waals surface area contributed by atoms with Crippen molar-refractivity contribution in [2.24, 2.45) is 5.73 Å². The van der Waals surface area contributed by atoms with Gasteiger partial charge in [-0.05, 0) is 30.2 Å². The normalized spacial score (nSPS) is 11.9. The molecule has 4 nitrogen and oxygen atoms in total. The Morgan fingerprint density at radius 1 is 1.17 bits per heavy atom. The van der Waals surface area contributed by atoms with Crippen molar-refractivity contribution in [3.63, 3.8) is 0 Å². The van der Waals surface area contributed by atoms with Gasteiger partial charge in [0.25, 0.3) is 0 Å². The van der Waals surface area contributed by atoms with Gasteiger partial charge in [0.1, 0.15) is 6.04 Å². The van der Waals surface area contributed by atoms with Gasteiger partial charge in [0.2, 0.25) is 11.8 Å². The van der Waals surface area contributed by atoms with Crippen molar-refractivity contribution in [3.8, 4) is 0 Å². The first-order valence-corrected chi connectivity index (χ1v) is 8.63. The van der Waals surface area contributed by atoms with Crippen molar-refractivity contribution in [2.45, 2.75) is 25.3 Å². The quantitative estimate of drug-likeness (QED) is 0.785. The molecule has 0 aliphatic carbocycles. The summed E-state index contributed by atoms with van der Waals surface area (Å²) in [4.78, 5) is 24.6. The first-order chi connectivity index (χ1) is 10.9. The predicted octanol–water partition coefficient (Wildman–Crippen LogP) is 3.20. The number of amides is 2. The van der Waals surface area contributed by atoms with Crippen molar-refractivity contribution < 1.29 is 9.59 Å². The molecule has 1 atom stereocenters. The smallest absolute Gasteiger partial charge is 0.240 e. The van der Waals surface area contributed by atoms with Gasteiger partial charge in [-0.3, -0.25) is 9.59 Å². The second kappa shape index (κ2) is 8.34. The maximum absolute atomic E-state index is 12.0. The Kier molecular flexibility index (Phi) is 6.45. The molecule has 2 aromatic rings. The molecule has 2 rings (SSSR count). The van der Waals surface area contributed by atoms with E-state index in [1.807, 2.05) is 11.4 Å². The summed E-state index contributed by atoms with van der Waals surface area (Å²) in [6.45, 7) is 0. The number of hydrogen-bond acceptors (Lipinski definition) is 3. The Morgan fingerprint density at radius 2 is 1.87 bits per heavy atom. The van der Waals surface area contributed by atoms with Crippen LogP contribution in [0.5, 0.6) is 0 Å². The zero-order valence-corrected chi connectivity index (χ0v) is 14.5. The number of benzene rings is 1. The maximum Gasteiger partial charge on any atom is 0.240 e. The summed E-state index contributed by atoms with van der Waals surface area (Å²) >= 11 is 13.2. The highest BCUT2D eigenvalue weighted by Gasteiger charge is 2.18. The number of carbonyl (C=O) groups excluding carboxylic acids is 2. The van der Waals surface area contributed by atoms with Crippen molar-refractivity contribution in [2.75, 3.05) is 0 Å². The van der Waals surface area contributed by atoms with Crippen molar-refractivity contribution in [3.05, 3.63) is 56.2 Å². The molecule has 0 radical (unpaired) electrons. The van der Waals surface area contributed by atoms with Crippen LogP contribution in [0.2, 0.25) is 10.0 Å². The number of thiophene rings is 1. The molecule has 3 N–H and O–H groups in total. The van der Waals surface area contributed by atoms with E-state index in [1.54, 1.807) is 24.3 Å². The molecule has 122 valence electrons. The lowest BCUT2D eigenvalue weighted by Crippen LogP contribution is -2.45. The summed E-state index contributed by atoms with van der Waals surface area (Å²) in [6.07, 6.45) is 1.19. The number of halogens is 2. The summed E-state index contributed by atoms with van der Waals surface area (Å²) < 4.78 is 0. The van der Waals surface area contributed by atoms with Crippen LogP contribution in [0, 0.1) is 0 Å². The number of primary amides is 1. The summed E-state index contributed by atoms with van der Waals surface area (Å²) in [7, 11) is 0. The van der Waals surface area contributed by atoms with E-state index in [1.165, 1.54) is 11.3 Å². The van der Waals surface area contributed by atoms with Gasteiger partial charge in [0, 0.05) is 28.1 Å². The predicted molar refractivity (Wildman–Crippen MR) is 93.9 cm³/mol. The van der Waals surface area contributed by atoms with Crippen LogP contribution in [0.1, 0.15) is 16.9 Å². The molecule has 1 aromatic carbocycles. The van der Waals surface area contributed by atoms with Crippen LogP contribution in [0.3, 0.4) is 0 Å². The Bertz CT molecular complexity index is 686. The highest BCUT2D eigenvalue weighted by molar-refractivity contribution is 7.10. The molecule has 0 bridgehead atoms. The molecule has 1 aromatic heterocycles. The van der Waals surface area contributed by atoms with E-state index < -0.39 is 11.9 Å². The SMILES string of the molecule is NC(=O)C(Cc1ccc(Cl)cc1)NC(=O)CCc1cc(Cl)cs1. The Morgan fingerprint density at radius 3 is 2.43 bits per heavy atom. The fraction of sp³-hybridized carbons (Fsp3) is 0.250. The average Bonchev–Trinajstić information content (AvgIpc) is 2.92. The van der Waals surface area contributed by atoms with Gasteiger partial charge < -0.3 is 11.1 Å². The van der Waals surface area contributed by atoms with E-state index in [0.717, 1.165) is 10.4 Å². The second-order valence-electron chi connectivity index (χ2n) is 5.08. The van der Waals surface area contributed by atoms with E-state index in [0.29, 0.717) is 22.9 Å². The lowest BCUT2D eigenvalue weighted by atomic mass is 10.1. The summed E-state index contributed by atoms with van der Waals surface area (Å²) in [5, 5.41) is 5.79. The number of hydrogen-bond donors (Lipinski definition) is 2. The third-order valence-electron chi connectivity index (χ3n) is 3.25. The van der Waals surface area contributed by atoms with Gasteiger partial charge in [-0.1, -0.05) is 35.3 Å². The number of carbonyl (C=O) groups is 2. The summed E-state index contributed by atoms with van der Waals surface area (Å²) in [5.74, 6) is -0.778. The fourth-order valence-corrected chi connectivity index (χ4v) is 3.27. The minimum absolute atomic E-state index is 0.215. The zero-order chi connectivity index (χ0) is 16.8. The Labute approximate surface area is 148 Å². The van der Waals surface area contributed by atoms with E-state index in [9.17, 15) is 9.59 Å². The van der Waals surface area contributed by atoms with Crippen LogP contribution in [-0.4, -0.2) is 17.9 Å². The third-order valence-corrected chi connectivity index (χ3v) is 4.85. The second-order valence-corrected chi connectivity index (χ2v) is 6.95. The lowest BCUT2D eigenvalue weighted by molar-refractivity contribution is -0.127. The van der Waals surface area contributed by atoms with Gasteiger partial charge in [0.05, 0.1) is 5.02 Å². The van der Waals surface area contributed by atoms with Gasteiger partial charge in [-0.25, -0.2) is 0 Å². The Balaban J connectivity index is 1.89. The topological polar surface area (TPSA) is 72.2 Å². The number of rotatable bonds is 7. The lowest BCUT2D eigenvalue weighted by Gasteiger charge is -2.15. The molecular weight excluding hydrogens is 355 g/mol. The molecule has 0 fully saturated rings. The average molecular weight is 371 g/mol. The van der Waals surface area contributed by atoms with Crippen LogP contribution in [-0.2, 0) is 22.4 Å². The van der Waals surface area contributed by atoms with Gasteiger partial charge in [-0.15, -0.1) is 11.3 Å². The molecule has 23 heavy (non-hydrogen) atoms. The van der Waals surface area contributed by atoms with Gasteiger partial charge in [0.15, 0.2) is 0 Å². The highest BCUT2D eigenvalue weighted by Crippen LogP contribution is 2.20. The van der Waals surface area contributed by atoms with E-state index in [2.05, 4.69) is 5.32 Å². The molecule has 0 aliphatic heterocycles. The molecule has 1 unspecified atom stereocenters. The minimum atomic E-state index is -0.740. The first kappa shape index (κ1) is 17.8. The Hall–Kier alpha value is -1.56. The molecule has 1 heterocycles. The molecular formula is C16H16Cl2N2O2S. The van der Waals surface area contributed by atoms with E-state index in [4.69, 9.17) is 28.9 Å². The third kappa shape index (κ3) is 5.86. The van der Waals surface area contributed by atoms with Crippen LogP contribution in [0.4, 0.5) is 0 Å². The standard InChI is InChI=1S/C16H16Cl2N2O2S/c17-11-3-1-10(2-4-11)7-14(16(19)22)20-15(21)6-5-13-8-12(18)9-23-13/h1-4,8-9,14H,5-7H2,(H2,19,22)(H,20,21). The van der Waals surface area contributed by atoms with Crippen LogP contribution in [0.25, 0.3) is 0 Å². The van der Waals surface area contributed by atoms with E-state index >= 15 is 0 Å². The van der Waals surface area contributed by atoms with Gasteiger partial charge in [-0.2, -0.15) is 0 Å². The van der Waals surface area contributed by atoms with E-state index in [-0.39, 0.29) is 12.3 Å².